The molecule has 0 aliphatic heterocycles. The summed E-state index contributed by atoms with van der Waals surface area (Å²) in [5.41, 5.74) is -0.677. The smallest absolute Gasteiger partial charge is 0.423 e. The fourth-order valence-electron chi connectivity index (χ4n) is 2.16. The number of benzene rings is 2. The Hall–Kier alpha value is -3.08. The zero-order valence-corrected chi connectivity index (χ0v) is 14.8. The summed E-state index contributed by atoms with van der Waals surface area (Å²) in [6.45, 7) is 0. The van der Waals surface area contributed by atoms with Crippen LogP contribution in [0.4, 0.5) is 26.3 Å². The molecule has 0 spiro atoms. The van der Waals surface area contributed by atoms with Crippen molar-refractivity contribution in [3.63, 3.8) is 0 Å². The van der Waals surface area contributed by atoms with Crippen molar-refractivity contribution in [1.29, 1.82) is 0 Å². The van der Waals surface area contributed by atoms with Crippen LogP contribution in [0.2, 0.25) is 5.02 Å². The number of aromatic nitrogens is 3. The van der Waals surface area contributed by atoms with Crippen molar-refractivity contribution in [2.75, 3.05) is 0 Å². The molecule has 3 rings (SSSR count). The van der Waals surface area contributed by atoms with Gasteiger partial charge in [0.2, 0.25) is 0 Å². The first-order valence-corrected chi connectivity index (χ1v) is 8.09. The lowest BCUT2D eigenvalue weighted by atomic mass is 10.2. The van der Waals surface area contributed by atoms with E-state index in [2.05, 4.69) is 15.3 Å². The molecule has 0 N–H and O–H groups in total. The molecule has 0 aliphatic carbocycles. The van der Waals surface area contributed by atoms with Gasteiger partial charge in [-0.05, 0) is 35.9 Å². The maximum Gasteiger partial charge on any atom is 0.453 e. The zero-order chi connectivity index (χ0) is 21.2. The normalized spacial score (nSPS) is 12.5. The number of alkyl halides is 6. The van der Waals surface area contributed by atoms with Gasteiger partial charge in [-0.15, -0.1) is 5.10 Å². The van der Waals surface area contributed by atoms with E-state index in [1.807, 2.05) is 0 Å². The topological polar surface area (TPSA) is 52.3 Å². The van der Waals surface area contributed by atoms with Gasteiger partial charge in [-0.1, -0.05) is 34.9 Å². The Bertz CT molecular complexity index is 1040. The van der Waals surface area contributed by atoms with Crippen LogP contribution in [0.5, 0.6) is 11.8 Å². The van der Waals surface area contributed by atoms with E-state index in [4.69, 9.17) is 16.3 Å². The van der Waals surface area contributed by atoms with E-state index in [9.17, 15) is 26.3 Å². The average molecular weight is 435 g/mol. The number of ether oxygens (including phenoxy) is 1. The molecule has 5 nitrogen and oxygen atoms in total. The molecule has 0 radical (unpaired) electrons. The number of nitrogens with zero attached hydrogens (tertiary/aromatic N) is 4. The van der Waals surface area contributed by atoms with E-state index in [1.54, 1.807) is 12.1 Å². The summed E-state index contributed by atoms with van der Waals surface area (Å²) in [6, 6.07) is 8.89. The fourth-order valence-corrected chi connectivity index (χ4v) is 2.36. The van der Waals surface area contributed by atoms with Crippen LogP contribution in [0.3, 0.4) is 0 Å². The van der Waals surface area contributed by atoms with Crippen LogP contribution in [0.15, 0.2) is 53.6 Å². The van der Waals surface area contributed by atoms with Crippen molar-refractivity contribution in [2.24, 2.45) is 5.10 Å². The Kier molecular flexibility index (Phi) is 5.51. The SMILES string of the molecule is FC(F)(F)c1cccc(Oc2nnc(C(F)(F)F)n2/N=C/c2cccc(Cl)c2)c1. The molecule has 29 heavy (non-hydrogen) atoms. The van der Waals surface area contributed by atoms with Gasteiger partial charge in [0.15, 0.2) is 0 Å². The minimum atomic E-state index is -4.94. The molecule has 0 aliphatic rings. The molecule has 0 fully saturated rings. The van der Waals surface area contributed by atoms with Crippen molar-refractivity contribution in [3.05, 3.63) is 70.5 Å². The van der Waals surface area contributed by atoms with Gasteiger partial charge in [0.1, 0.15) is 5.75 Å². The van der Waals surface area contributed by atoms with Crippen molar-refractivity contribution in [3.8, 4) is 11.8 Å². The summed E-state index contributed by atoms with van der Waals surface area (Å²) in [6.07, 6.45) is -8.55. The third-order valence-corrected chi connectivity index (χ3v) is 3.64. The number of rotatable bonds is 4. The van der Waals surface area contributed by atoms with Crippen LogP contribution >= 0.6 is 11.6 Å². The third kappa shape index (κ3) is 5.05. The van der Waals surface area contributed by atoms with Crippen LogP contribution in [0, 0.1) is 0 Å². The van der Waals surface area contributed by atoms with E-state index in [-0.39, 0.29) is 10.4 Å². The van der Waals surface area contributed by atoms with Crippen LogP contribution in [-0.2, 0) is 12.4 Å². The predicted octanol–water partition coefficient (Wildman–Crippen LogP) is 5.64. The zero-order valence-electron chi connectivity index (χ0n) is 14.0. The maximum atomic E-state index is 13.2. The monoisotopic (exact) mass is 434 g/mol. The van der Waals surface area contributed by atoms with E-state index >= 15 is 0 Å². The Morgan fingerprint density at radius 1 is 0.931 bits per heavy atom. The molecule has 0 bridgehead atoms. The summed E-state index contributed by atoms with van der Waals surface area (Å²) in [5.74, 6) is -1.90. The lowest BCUT2D eigenvalue weighted by Gasteiger charge is -2.10. The Morgan fingerprint density at radius 3 is 2.31 bits per heavy atom. The summed E-state index contributed by atoms with van der Waals surface area (Å²) in [5, 5.41) is 10.2. The average Bonchev–Trinajstić information content (AvgIpc) is 3.02. The maximum absolute atomic E-state index is 13.2. The largest absolute Gasteiger partial charge is 0.453 e. The van der Waals surface area contributed by atoms with Gasteiger partial charge in [-0.2, -0.15) is 36.1 Å². The van der Waals surface area contributed by atoms with Gasteiger partial charge in [-0.25, -0.2) is 0 Å². The second-order valence-electron chi connectivity index (χ2n) is 5.54. The van der Waals surface area contributed by atoms with E-state index < -0.39 is 29.8 Å². The predicted molar refractivity (Wildman–Crippen MR) is 91.0 cm³/mol. The van der Waals surface area contributed by atoms with Gasteiger partial charge in [-0.3, -0.25) is 0 Å². The molecule has 2 aromatic carbocycles. The Balaban J connectivity index is 1.99. The molecular weight excluding hydrogens is 426 g/mol. The highest BCUT2D eigenvalue weighted by Crippen LogP contribution is 2.34. The van der Waals surface area contributed by atoms with Crippen LogP contribution in [0.1, 0.15) is 17.0 Å². The van der Waals surface area contributed by atoms with Crippen molar-refractivity contribution in [1.82, 2.24) is 14.9 Å². The van der Waals surface area contributed by atoms with E-state index in [1.165, 1.54) is 12.1 Å². The summed E-state index contributed by atoms with van der Waals surface area (Å²) >= 11 is 5.81. The molecule has 1 aromatic heterocycles. The quantitative estimate of drug-likeness (QED) is 0.394. The second kappa shape index (κ2) is 7.74. The molecule has 0 atom stereocenters. The minimum absolute atomic E-state index is 0.237. The first kappa shape index (κ1) is 20.6. The van der Waals surface area contributed by atoms with Crippen LogP contribution in [0.25, 0.3) is 0 Å². The minimum Gasteiger partial charge on any atom is -0.423 e. The highest BCUT2D eigenvalue weighted by Gasteiger charge is 2.39. The highest BCUT2D eigenvalue weighted by atomic mass is 35.5. The van der Waals surface area contributed by atoms with Gasteiger partial charge >= 0.3 is 18.4 Å². The molecule has 0 saturated heterocycles. The first-order chi connectivity index (χ1) is 13.5. The van der Waals surface area contributed by atoms with Crippen LogP contribution in [-0.4, -0.2) is 21.1 Å². The summed E-state index contributed by atoms with van der Waals surface area (Å²) in [7, 11) is 0. The highest BCUT2D eigenvalue weighted by molar-refractivity contribution is 6.30. The fraction of sp³-hybridized carbons (Fsp3) is 0.118. The molecule has 0 saturated carbocycles. The number of hydrogen-bond donors (Lipinski definition) is 0. The number of halogens is 7. The lowest BCUT2D eigenvalue weighted by molar-refractivity contribution is -0.147. The summed E-state index contributed by atoms with van der Waals surface area (Å²) < 4.78 is 83.3. The van der Waals surface area contributed by atoms with E-state index in [0.29, 0.717) is 16.7 Å². The first-order valence-electron chi connectivity index (χ1n) is 7.72. The molecule has 3 aromatic rings. The molecule has 1 heterocycles. The second-order valence-corrected chi connectivity index (χ2v) is 5.98. The molecule has 12 heteroatoms. The van der Waals surface area contributed by atoms with Gasteiger partial charge in [0, 0.05) is 5.02 Å². The third-order valence-electron chi connectivity index (χ3n) is 3.41. The van der Waals surface area contributed by atoms with E-state index in [0.717, 1.165) is 24.4 Å². The Morgan fingerprint density at radius 2 is 1.66 bits per heavy atom. The molecule has 0 unspecified atom stereocenters. The van der Waals surface area contributed by atoms with Gasteiger partial charge in [0.05, 0.1) is 11.8 Å². The molecule has 0 amide bonds. The van der Waals surface area contributed by atoms with Gasteiger partial charge < -0.3 is 4.74 Å². The standard InChI is InChI=1S/C17H9ClF6N4O/c18-12-5-1-3-10(7-12)9-25-28-14(17(22,23)24)26-27-15(28)29-13-6-2-4-11(8-13)16(19,20)21/h1-9H/b25-9+. The van der Waals surface area contributed by atoms with Gasteiger partial charge in [0.25, 0.3) is 5.82 Å². The van der Waals surface area contributed by atoms with Crippen molar-refractivity contribution < 1.29 is 31.1 Å². The number of hydrogen-bond acceptors (Lipinski definition) is 4. The van der Waals surface area contributed by atoms with Crippen molar-refractivity contribution >= 4 is 17.8 Å². The summed E-state index contributed by atoms with van der Waals surface area (Å²) in [4.78, 5) is 0. The van der Waals surface area contributed by atoms with Crippen molar-refractivity contribution in [2.45, 2.75) is 12.4 Å². The lowest BCUT2D eigenvalue weighted by Crippen LogP contribution is -2.13. The molecule has 152 valence electrons. The molecular formula is C17H9ClF6N4O. The Labute approximate surface area is 164 Å². The van der Waals surface area contributed by atoms with Crippen LogP contribution < -0.4 is 4.74 Å².